The molecule has 0 heterocycles. The van der Waals surface area contributed by atoms with Gasteiger partial charge in [-0.1, -0.05) is 0 Å². The van der Waals surface area contributed by atoms with Crippen LogP contribution in [-0.2, 0) is 32.8 Å². The van der Waals surface area contributed by atoms with Gasteiger partial charge < -0.3 is 4.43 Å². The van der Waals surface area contributed by atoms with Crippen LogP contribution in [0.15, 0.2) is 0 Å². The normalized spacial score (nSPS) is 12.0. The predicted molar refractivity (Wildman–Crippen MR) is 63.7 cm³/mol. The Kier molecular flexibility index (Phi) is 11.6. The van der Waals surface area contributed by atoms with E-state index in [0.29, 0.717) is 25.6 Å². The minimum absolute atomic E-state index is 0.253. The van der Waals surface area contributed by atoms with Crippen LogP contribution in [0, 0.1) is 0 Å². The SMILES string of the molecule is CCOO[Si](OCCS)(OOCC)OOCC. The van der Waals surface area contributed by atoms with Gasteiger partial charge in [0.25, 0.3) is 0 Å². The third-order valence-electron chi connectivity index (χ3n) is 1.21. The van der Waals surface area contributed by atoms with Crippen molar-refractivity contribution >= 4 is 21.7 Å². The van der Waals surface area contributed by atoms with Gasteiger partial charge in [0.15, 0.2) is 0 Å². The minimum Gasteiger partial charge on any atom is -0.346 e. The van der Waals surface area contributed by atoms with Gasteiger partial charge in [-0.3, -0.25) is 0 Å². The van der Waals surface area contributed by atoms with Crippen molar-refractivity contribution in [1.29, 1.82) is 0 Å². The second kappa shape index (κ2) is 11.4. The van der Waals surface area contributed by atoms with Gasteiger partial charge in [-0.15, -0.1) is 0 Å². The van der Waals surface area contributed by atoms with Crippen LogP contribution in [0.5, 0.6) is 0 Å². The molecule has 0 bridgehead atoms. The van der Waals surface area contributed by atoms with E-state index in [0.717, 1.165) is 0 Å². The Balaban J connectivity index is 4.39. The largest absolute Gasteiger partial charge is 0.764 e. The third kappa shape index (κ3) is 8.08. The van der Waals surface area contributed by atoms with Crippen molar-refractivity contribution in [1.82, 2.24) is 0 Å². The summed E-state index contributed by atoms with van der Waals surface area (Å²) in [5, 5.41) is 0. The fraction of sp³-hybridized carbons (Fsp3) is 1.00. The first kappa shape index (κ1) is 17.3. The van der Waals surface area contributed by atoms with Crippen molar-refractivity contribution in [2.75, 3.05) is 32.2 Å². The molecule has 0 atom stereocenters. The summed E-state index contributed by atoms with van der Waals surface area (Å²) in [4.78, 5) is 14.4. The summed E-state index contributed by atoms with van der Waals surface area (Å²) < 4.78 is 20.2. The average Bonchev–Trinajstić information content (AvgIpc) is 2.37. The molecule has 17 heavy (non-hydrogen) atoms. The Labute approximate surface area is 108 Å². The first-order valence-corrected chi connectivity index (χ1v) is 7.67. The van der Waals surface area contributed by atoms with Crippen LogP contribution in [0.3, 0.4) is 0 Å². The first-order valence-electron chi connectivity index (χ1n) is 5.41. The molecule has 0 saturated carbocycles. The van der Waals surface area contributed by atoms with Crippen LogP contribution in [0.25, 0.3) is 0 Å². The zero-order chi connectivity index (χ0) is 13.0. The van der Waals surface area contributed by atoms with Gasteiger partial charge in [-0.2, -0.15) is 26.4 Å². The number of rotatable bonds is 12. The van der Waals surface area contributed by atoms with Crippen LogP contribution in [-0.4, -0.2) is 41.2 Å². The van der Waals surface area contributed by atoms with E-state index in [1.165, 1.54) is 0 Å². The highest BCUT2D eigenvalue weighted by Crippen LogP contribution is 2.14. The molecule has 0 aromatic carbocycles. The molecule has 0 rings (SSSR count). The topological polar surface area (TPSA) is 64.6 Å². The van der Waals surface area contributed by atoms with Crippen molar-refractivity contribution in [2.24, 2.45) is 0 Å². The van der Waals surface area contributed by atoms with Crippen LogP contribution in [0.2, 0.25) is 0 Å². The lowest BCUT2D eigenvalue weighted by atomic mass is 10.9. The maximum atomic E-state index is 5.31. The molecule has 9 heteroatoms. The summed E-state index contributed by atoms with van der Waals surface area (Å²) in [6.45, 7) is 6.43. The van der Waals surface area contributed by atoms with E-state index in [9.17, 15) is 0 Å². The smallest absolute Gasteiger partial charge is 0.346 e. The second-order valence-corrected chi connectivity index (χ2v) is 4.78. The third-order valence-corrected chi connectivity index (χ3v) is 2.91. The summed E-state index contributed by atoms with van der Waals surface area (Å²) >= 11 is 4.01. The average molecular weight is 288 g/mol. The van der Waals surface area contributed by atoms with Gasteiger partial charge in [0.2, 0.25) is 0 Å². The summed E-state index contributed by atoms with van der Waals surface area (Å²) in [5.41, 5.74) is 0. The monoisotopic (exact) mass is 288 g/mol. The quantitative estimate of drug-likeness (QED) is 0.251. The van der Waals surface area contributed by atoms with Gasteiger partial charge in [0, 0.05) is 12.4 Å². The Morgan fingerprint density at radius 2 is 1.24 bits per heavy atom. The zero-order valence-corrected chi connectivity index (χ0v) is 12.2. The summed E-state index contributed by atoms with van der Waals surface area (Å²) in [7, 11) is -3.59. The highest BCUT2D eigenvalue weighted by Gasteiger charge is 2.52. The molecule has 0 aliphatic rings. The van der Waals surface area contributed by atoms with E-state index in [1.807, 2.05) is 0 Å². The molecule has 104 valence electrons. The molecule has 7 nitrogen and oxygen atoms in total. The van der Waals surface area contributed by atoms with Crippen molar-refractivity contribution in [3.8, 4) is 0 Å². The molecule has 0 aliphatic heterocycles. The molecule has 0 fully saturated rings. The van der Waals surface area contributed by atoms with Crippen LogP contribution in [0.1, 0.15) is 20.8 Å². The molecule has 0 aromatic heterocycles. The maximum absolute atomic E-state index is 5.31. The van der Waals surface area contributed by atoms with Crippen molar-refractivity contribution in [3.63, 3.8) is 0 Å². The van der Waals surface area contributed by atoms with Crippen LogP contribution >= 0.6 is 12.6 Å². The van der Waals surface area contributed by atoms with Crippen molar-refractivity contribution in [2.45, 2.75) is 20.8 Å². The molecule has 0 aliphatic carbocycles. The molecule has 0 unspecified atom stereocenters. The molecule has 0 spiro atoms. The Morgan fingerprint density at radius 1 is 0.824 bits per heavy atom. The zero-order valence-electron chi connectivity index (χ0n) is 10.3. The summed E-state index contributed by atoms with van der Waals surface area (Å²) in [6, 6.07) is 0. The van der Waals surface area contributed by atoms with Crippen molar-refractivity contribution < 1.29 is 32.8 Å². The fourth-order valence-electron chi connectivity index (χ4n) is 0.678. The van der Waals surface area contributed by atoms with E-state index in [4.69, 9.17) is 32.8 Å². The first-order chi connectivity index (χ1) is 8.24. The van der Waals surface area contributed by atoms with E-state index >= 15 is 0 Å². The molecule has 0 amide bonds. The van der Waals surface area contributed by atoms with E-state index in [2.05, 4.69) is 12.6 Å². The predicted octanol–water partition coefficient (Wildman–Crippen LogP) is 1.27. The Bertz CT molecular complexity index is 136. The summed E-state index contributed by atoms with van der Waals surface area (Å²) in [5.74, 6) is 0.467. The Hall–Kier alpha value is 0.287. The number of thiol groups is 1. The van der Waals surface area contributed by atoms with Gasteiger partial charge in [-0.25, -0.2) is 14.7 Å². The highest BCUT2D eigenvalue weighted by molar-refractivity contribution is 7.80. The van der Waals surface area contributed by atoms with Crippen LogP contribution in [0.4, 0.5) is 0 Å². The minimum atomic E-state index is -3.59. The number of hydrogen-bond donors (Lipinski definition) is 1. The van der Waals surface area contributed by atoms with E-state index in [-0.39, 0.29) is 6.61 Å². The van der Waals surface area contributed by atoms with E-state index in [1.54, 1.807) is 20.8 Å². The standard InChI is InChI=1S/C8H20O7SSi/c1-4-9-13-17(12-7-8-16,14-10-5-2)15-11-6-3/h16H,4-8H2,1-3H3. The molecule has 0 radical (unpaired) electrons. The second-order valence-electron chi connectivity index (χ2n) is 2.54. The molecule has 0 saturated heterocycles. The fourth-order valence-corrected chi connectivity index (χ4v) is 2.31. The molecular weight excluding hydrogens is 268 g/mol. The van der Waals surface area contributed by atoms with Gasteiger partial charge in [0.1, 0.15) is 0 Å². The van der Waals surface area contributed by atoms with Crippen LogP contribution < -0.4 is 0 Å². The lowest BCUT2D eigenvalue weighted by Gasteiger charge is -2.23. The highest BCUT2D eigenvalue weighted by atomic mass is 32.1. The lowest BCUT2D eigenvalue weighted by molar-refractivity contribution is -0.385. The molecule has 0 aromatic rings. The lowest BCUT2D eigenvalue weighted by Crippen LogP contribution is -2.49. The van der Waals surface area contributed by atoms with Gasteiger partial charge in [-0.05, 0) is 20.8 Å². The van der Waals surface area contributed by atoms with Gasteiger partial charge in [0.05, 0.1) is 19.8 Å². The van der Waals surface area contributed by atoms with Gasteiger partial charge >= 0.3 is 9.05 Å². The molecule has 0 N–H and O–H groups in total. The maximum Gasteiger partial charge on any atom is 0.764 e. The van der Waals surface area contributed by atoms with Crippen molar-refractivity contribution in [3.05, 3.63) is 0 Å². The Morgan fingerprint density at radius 3 is 1.53 bits per heavy atom. The molecular formula is C8H20O7SSi. The number of hydrogen-bond acceptors (Lipinski definition) is 8. The summed E-state index contributed by atoms with van der Waals surface area (Å²) in [6.07, 6.45) is 0. The van der Waals surface area contributed by atoms with E-state index < -0.39 is 9.05 Å².